The van der Waals surface area contributed by atoms with Crippen LogP contribution >= 0.6 is 0 Å². The predicted molar refractivity (Wildman–Crippen MR) is 58.5 cm³/mol. The molecule has 0 aromatic heterocycles. The van der Waals surface area contributed by atoms with Gasteiger partial charge in [0.2, 0.25) is 0 Å². The van der Waals surface area contributed by atoms with Crippen molar-refractivity contribution in [2.45, 2.75) is 0 Å². The van der Waals surface area contributed by atoms with Gasteiger partial charge in [-0.15, -0.1) is 0 Å². The van der Waals surface area contributed by atoms with Crippen LogP contribution in [0.3, 0.4) is 0 Å². The molecule has 0 atom stereocenters. The van der Waals surface area contributed by atoms with E-state index in [2.05, 4.69) is 11.9 Å². The van der Waals surface area contributed by atoms with Gasteiger partial charge in [-0.2, -0.15) is 5.26 Å². The summed E-state index contributed by atoms with van der Waals surface area (Å²) in [7, 11) is 1.76. The van der Waals surface area contributed by atoms with Crippen LogP contribution in [0.5, 0.6) is 0 Å². The van der Waals surface area contributed by atoms with Gasteiger partial charge in [0.25, 0.3) is 0 Å². The first-order valence-electron chi connectivity index (χ1n) is 4.16. The van der Waals surface area contributed by atoms with E-state index in [0.29, 0.717) is 5.56 Å². The van der Waals surface area contributed by atoms with E-state index in [1.54, 1.807) is 19.2 Å². The molecular formula is C11H11N3. The number of anilines is 1. The van der Waals surface area contributed by atoms with Gasteiger partial charge in [0, 0.05) is 18.3 Å². The number of rotatable bonds is 3. The average Bonchev–Trinajstić information content (AvgIpc) is 2.27. The van der Waals surface area contributed by atoms with Gasteiger partial charge in [-0.05, 0) is 17.7 Å². The highest BCUT2D eigenvalue weighted by molar-refractivity contribution is 6.13. The summed E-state index contributed by atoms with van der Waals surface area (Å²) in [5.41, 5.74) is 2.24. The van der Waals surface area contributed by atoms with Crippen LogP contribution < -0.4 is 5.32 Å². The fourth-order valence-electron chi connectivity index (χ4n) is 1.17. The maximum Gasteiger partial charge on any atom is 0.141 e. The van der Waals surface area contributed by atoms with E-state index in [0.717, 1.165) is 11.3 Å². The van der Waals surface area contributed by atoms with Crippen LogP contribution in [0.1, 0.15) is 11.1 Å². The first-order chi connectivity index (χ1) is 6.72. The Labute approximate surface area is 83.2 Å². The molecule has 0 spiro atoms. The summed E-state index contributed by atoms with van der Waals surface area (Å²) in [5.74, 6) is 0. The molecule has 1 aromatic rings. The second-order valence-electron chi connectivity index (χ2n) is 2.75. The molecule has 0 bridgehead atoms. The van der Waals surface area contributed by atoms with Crippen molar-refractivity contribution in [2.75, 3.05) is 12.4 Å². The van der Waals surface area contributed by atoms with Gasteiger partial charge in [0.1, 0.15) is 11.8 Å². The first-order valence-corrected chi connectivity index (χ1v) is 4.16. The van der Waals surface area contributed by atoms with Crippen molar-refractivity contribution in [3.8, 4) is 6.07 Å². The van der Waals surface area contributed by atoms with Gasteiger partial charge in [-0.1, -0.05) is 18.7 Å². The van der Waals surface area contributed by atoms with Gasteiger partial charge >= 0.3 is 0 Å². The third kappa shape index (κ3) is 1.80. The standard InChI is InChI=1S/C11H11N3/c1-3-8-4-5-11(14-2)9(6-8)10(13)7-12/h3-6,13-14H,1H2,2H3. The summed E-state index contributed by atoms with van der Waals surface area (Å²) >= 11 is 0. The van der Waals surface area contributed by atoms with E-state index >= 15 is 0 Å². The molecule has 0 saturated carbocycles. The lowest BCUT2D eigenvalue weighted by molar-refractivity contribution is 1.43. The minimum absolute atomic E-state index is 0.0435. The smallest absolute Gasteiger partial charge is 0.141 e. The molecule has 0 radical (unpaired) electrons. The lowest BCUT2D eigenvalue weighted by atomic mass is 10.0. The zero-order valence-corrected chi connectivity index (χ0v) is 7.96. The Morgan fingerprint density at radius 2 is 2.36 bits per heavy atom. The number of hydrogen-bond acceptors (Lipinski definition) is 3. The second kappa shape index (κ2) is 4.24. The topological polar surface area (TPSA) is 59.7 Å². The second-order valence-corrected chi connectivity index (χ2v) is 2.75. The quantitative estimate of drug-likeness (QED) is 0.709. The first kappa shape index (κ1) is 10.0. The van der Waals surface area contributed by atoms with Crippen molar-refractivity contribution < 1.29 is 0 Å². The molecule has 0 fully saturated rings. The predicted octanol–water partition coefficient (Wildman–Crippen LogP) is 2.26. The van der Waals surface area contributed by atoms with Crippen LogP contribution in [0.2, 0.25) is 0 Å². The van der Waals surface area contributed by atoms with Gasteiger partial charge in [0.05, 0.1) is 0 Å². The summed E-state index contributed by atoms with van der Waals surface area (Å²) in [6.07, 6.45) is 1.69. The largest absolute Gasteiger partial charge is 0.388 e. The van der Waals surface area contributed by atoms with E-state index in [9.17, 15) is 0 Å². The average molecular weight is 185 g/mol. The Kier molecular flexibility index (Phi) is 3.03. The van der Waals surface area contributed by atoms with Gasteiger partial charge in [-0.25, -0.2) is 0 Å². The molecule has 3 nitrogen and oxygen atoms in total. The van der Waals surface area contributed by atoms with Crippen molar-refractivity contribution in [3.63, 3.8) is 0 Å². The monoisotopic (exact) mass is 185 g/mol. The number of nitrogens with one attached hydrogen (secondary N) is 2. The summed E-state index contributed by atoms with van der Waals surface area (Å²) in [5, 5.41) is 19.0. The summed E-state index contributed by atoms with van der Waals surface area (Å²) in [6.45, 7) is 3.64. The highest BCUT2D eigenvalue weighted by atomic mass is 14.8. The molecule has 2 N–H and O–H groups in total. The van der Waals surface area contributed by atoms with E-state index in [1.807, 2.05) is 18.2 Å². The van der Waals surface area contributed by atoms with Gasteiger partial charge in [0.15, 0.2) is 0 Å². The Hall–Kier alpha value is -2.08. The molecule has 0 unspecified atom stereocenters. The summed E-state index contributed by atoms with van der Waals surface area (Å²) in [6, 6.07) is 7.30. The number of benzene rings is 1. The molecule has 0 heterocycles. The van der Waals surface area contributed by atoms with Crippen molar-refractivity contribution in [1.82, 2.24) is 0 Å². The lowest BCUT2D eigenvalue weighted by Gasteiger charge is -2.07. The molecule has 3 heteroatoms. The number of nitriles is 1. The molecule has 70 valence electrons. The van der Waals surface area contributed by atoms with Gasteiger partial charge in [-0.3, -0.25) is 5.41 Å². The minimum atomic E-state index is -0.0435. The third-order valence-electron chi connectivity index (χ3n) is 1.93. The highest BCUT2D eigenvalue weighted by Crippen LogP contribution is 2.18. The van der Waals surface area contributed by atoms with Crippen molar-refractivity contribution in [2.24, 2.45) is 0 Å². The number of nitrogens with zero attached hydrogens (tertiary/aromatic N) is 1. The molecule has 0 amide bonds. The molecule has 0 aliphatic heterocycles. The molecule has 14 heavy (non-hydrogen) atoms. The number of hydrogen-bond donors (Lipinski definition) is 2. The SMILES string of the molecule is C=Cc1ccc(NC)c(C(=N)C#N)c1. The van der Waals surface area contributed by atoms with E-state index in [4.69, 9.17) is 10.7 Å². The van der Waals surface area contributed by atoms with Crippen molar-refractivity contribution in [1.29, 1.82) is 10.7 Å². The normalized spacial score (nSPS) is 8.86. The highest BCUT2D eigenvalue weighted by Gasteiger charge is 2.06. The Morgan fingerprint density at radius 1 is 1.64 bits per heavy atom. The van der Waals surface area contributed by atoms with Crippen LogP contribution in [0.15, 0.2) is 24.8 Å². The lowest BCUT2D eigenvalue weighted by Crippen LogP contribution is -2.01. The Morgan fingerprint density at radius 3 is 2.86 bits per heavy atom. The van der Waals surface area contributed by atoms with E-state index < -0.39 is 0 Å². The molecule has 0 aliphatic rings. The van der Waals surface area contributed by atoms with Crippen molar-refractivity contribution in [3.05, 3.63) is 35.9 Å². The molecular weight excluding hydrogens is 174 g/mol. The van der Waals surface area contributed by atoms with Crippen LogP contribution in [-0.4, -0.2) is 12.8 Å². The van der Waals surface area contributed by atoms with Crippen LogP contribution in [0.25, 0.3) is 6.08 Å². The van der Waals surface area contributed by atoms with Crippen LogP contribution in [0, 0.1) is 16.7 Å². The maximum atomic E-state index is 8.64. The molecule has 1 aromatic carbocycles. The maximum absolute atomic E-state index is 8.64. The molecule has 0 aliphatic carbocycles. The summed E-state index contributed by atoms with van der Waals surface area (Å²) < 4.78 is 0. The fourth-order valence-corrected chi connectivity index (χ4v) is 1.17. The summed E-state index contributed by atoms with van der Waals surface area (Å²) in [4.78, 5) is 0. The molecule has 0 saturated heterocycles. The fraction of sp³-hybridized carbons (Fsp3) is 0.0909. The van der Waals surface area contributed by atoms with Crippen molar-refractivity contribution >= 4 is 17.5 Å². The molecule has 1 rings (SSSR count). The van der Waals surface area contributed by atoms with Crippen LogP contribution in [-0.2, 0) is 0 Å². The Bertz CT molecular complexity index is 413. The van der Waals surface area contributed by atoms with Crippen LogP contribution in [0.4, 0.5) is 5.69 Å². The zero-order chi connectivity index (χ0) is 10.6. The zero-order valence-electron chi connectivity index (χ0n) is 7.96. The van der Waals surface area contributed by atoms with E-state index in [1.165, 1.54) is 0 Å². The minimum Gasteiger partial charge on any atom is -0.388 e. The third-order valence-corrected chi connectivity index (χ3v) is 1.93. The Balaban J connectivity index is 3.30. The van der Waals surface area contributed by atoms with E-state index in [-0.39, 0.29) is 5.71 Å². The van der Waals surface area contributed by atoms with Gasteiger partial charge < -0.3 is 5.32 Å².